The summed E-state index contributed by atoms with van der Waals surface area (Å²) < 4.78 is 15.2. The zero-order valence-electron chi connectivity index (χ0n) is 19.0. The van der Waals surface area contributed by atoms with Crippen molar-refractivity contribution in [2.24, 2.45) is 0 Å². The van der Waals surface area contributed by atoms with Crippen LogP contribution in [0.4, 0.5) is 10.2 Å². The van der Waals surface area contributed by atoms with Crippen molar-refractivity contribution in [3.8, 4) is 22.4 Å². The van der Waals surface area contributed by atoms with Gasteiger partial charge in [-0.05, 0) is 69.8 Å². The van der Waals surface area contributed by atoms with Crippen LogP contribution >= 0.6 is 0 Å². The third kappa shape index (κ3) is 3.75. The highest BCUT2D eigenvalue weighted by molar-refractivity contribution is 5.93. The van der Waals surface area contributed by atoms with Gasteiger partial charge in [0.1, 0.15) is 11.6 Å². The van der Waals surface area contributed by atoms with Gasteiger partial charge in [0.05, 0.1) is 0 Å². The van der Waals surface area contributed by atoms with E-state index in [2.05, 4.69) is 43.9 Å². The van der Waals surface area contributed by atoms with Crippen LogP contribution in [0.2, 0.25) is 0 Å². The Bertz CT molecular complexity index is 1260. The molecule has 3 aromatic heterocycles. The molecule has 0 saturated carbocycles. The topological polar surface area (TPSA) is 48.1 Å². The van der Waals surface area contributed by atoms with Crippen molar-refractivity contribution in [2.75, 3.05) is 38.1 Å². The van der Waals surface area contributed by atoms with Gasteiger partial charge < -0.3 is 14.8 Å². The molecule has 4 aromatic rings. The summed E-state index contributed by atoms with van der Waals surface area (Å²) in [6.45, 7) is 9.99. The number of nitrogens with zero attached hydrogens (tertiary/aromatic N) is 4. The molecular weight excluding hydrogens is 401 g/mol. The number of piperazine rings is 1. The first-order chi connectivity index (χ1) is 15.4. The zero-order chi connectivity index (χ0) is 22.4. The third-order valence-electron chi connectivity index (χ3n) is 6.40. The van der Waals surface area contributed by atoms with Crippen molar-refractivity contribution >= 4 is 16.7 Å². The molecule has 32 heavy (non-hydrogen) atoms. The van der Waals surface area contributed by atoms with Crippen LogP contribution in [-0.2, 0) is 0 Å². The molecule has 1 saturated heterocycles. The summed E-state index contributed by atoms with van der Waals surface area (Å²) in [5.74, 6) is 0.715. The minimum Gasteiger partial charge on any atom is -0.354 e. The number of halogens is 1. The van der Waals surface area contributed by atoms with Gasteiger partial charge in [0.25, 0.3) is 0 Å². The molecule has 0 atom stereocenters. The van der Waals surface area contributed by atoms with Crippen LogP contribution < -0.4 is 4.90 Å². The number of fused-ring (bicyclic) bond motifs is 1. The Balaban J connectivity index is 1.50. The molecule has 0 radical (unpaired) electrons. The summed E-state index contributed by atoms with van der Waals surface area (Å²) in [4.78, 5) is 17.2. The Kier molecular flexibility index (Phi) is 5.18. The zero-order valence-corrected chi connectivity index (χ0v) is 19.0. The molecule has 4 heterocycles. The van der Waals surface area contributed by atoms with Crippen molar-refractivity contribution in [1.82, 2.24) is 19.9 Å². The van der Waals surface area contributed by atoms with E-state index in [9.17, 15) is 0 Å². The van der Waals surface area contributed by atoms with Crippen LogP contribution in [0, 0.1) is 26.6 Å². The normalized spacial score (nSPS) is 15.0. The maximum absolute atomic E-state index is 15.2. The minimum atomic E-state index is -0.234. The molecule has 0 amide bonds. The molecule has 0 spiro atoms. The lowest BCUT2D eigenvalue weighted by Crippen LogP contribution is -2.44. The van der Waals surface area contributed by atoms with Gasteiger partial charge in [0.2, 0.25) is 0 Å². The Labute approximate surface area is 187 Å². The van der Waals surface area contributed by atoms with E-state index in [0.717, 1.165) is 76.7 Å². The molecule has 6 heteroatoms. The van der Waals surface area contributed by atoms with E-state index in [1.165, 1.54) is 0 Å². The molecule has 0 bridgehead atoms. The van der Waals surface area contributed by atoms with Gasteiger partial charge in [-0.3, -0.25) is 4.98 Å². The van der Waals surface area contributed by atoms with Gasteiger partial charge in [0.15, 0.2) is 0 Å². The second-order valence-corrected chi connectivity index (χ2v) is 8.84. The number of H-pyrrole nitrogens is 1. The van der Waals surface area contributed by atoms with Gasteiger partial charge in [-0.25, -0.2) is 9.37 Å². The summed E-state index contributed by atoms with van der Waals surface area (Å²) >= 11 is 0. The lowest BCUT2D eigenvalue weighted by molar-refractivity contribution is 0.312. The smallest absolute Gasteiger partial charge is 0.131 e. The van der Waals surface area contributed by atoms with Crippen LogP contribution in [0.15, 0.2) is 42.6 Å². The summed E-state index contributed by atoms with van der Waals surface area (Å²) in [6, 6.07) is 11.6. The number of hydrogen-bond donors (Lipinski definition) is 1. The maximum Gasteiger partial charge on any atom is 0.131 e. The molecule has 1 aliphatic rings. The second-order valence-electron chi connectivity index (χ2n) is 8.84. The molecule has 1 N–H and O–H groups in total. The Morgan fingerprint density at radius 3 is 2.28 bits per heavy atom. The SMILES string of the molecule is Cc1cc(-c2[nH]c3cc(-c4ccc(N5CCN(C)CC5)nc4)c(F)cc3c2C)cc(C)n1. The van der Waals surface area contributed by atoms with Gasteiger partial charge in [0, 0.05) is 77.1 Å². The number of pyridine rings is 2. The number of anilines is 1. The molecular formula is C26H28FN5. The lowest BCUT2D eigenvalue weighted by atomic mass is 10.0. The highest BCUT2D eigenvalue weighted by Gasteiger charge is 2.17. The molecule has 1 aliphatic heterocycles. The standard InChI is InChI=1S/C26H28FN5/c1-16-11-20(12-17(2)29-16)26-18(3)21-13-23(27)22(14-24(21)30-26)19-5-6-25(28-15-19)32-9-7-31(4)8-10-32/h5-6,11-15,30H,7-10H2,1-4H3. The van der Waals surface area contributed by atoms with E-state index in [1.54, 1.807) is 12.3 Å². The fraction of sp³-hybridized carbons (Fsp3) is 0.308. The average Bonchev–Trinajstić information content (AvgIpc) is 3.09. The van der Waals surface area contributed by atoms with Crippen LogP contribution in [0.5, 0.6) is 0 Å². The Morgan fingerprint density at radius 2 is 1.62 bits per heavy atom. The largest absolute Gasteiger partial charge is 0.354 e. The second kappa shape index (κ2) is 8.02. The lowest BCUT2D eigenvalue weighted by Gasteiger charge is -2.33. The van der Waals surface area contributed by atoms with Crippen LogP contribution in [0.25, 0.3) is 33.3 Å². The fourth-order valence-corrected chi connectivity index (χ4v) is 4.61. The number of hydrogen-bond acceptors (Lipinski definition) is 4. The number of nitrogens with one attached hydrogen (secondary N) is 1. The number of likely N-dealkylation sites (N-methyl/N-ethyl adjacent to an activating group) is 1. The average molecular weight is 430 g/mol. The van der Waals surface area contributed by atoms with Crippen molar-refractivity contribution in [3.05, 3.63) is 65.4 Å². The fourth-order valence-electron chi connectivity index (χ4n) is 4.61. The predicted octanol–water partition coefficient (Wildman–Crippen LogP) is 5.11. The first-order valence-corrected chi connectivity index (χ1v) is 11.1. The van der Waals surface area contributed by atoms with Gasteiger partial charge in [-0.2, -0.15) is 0 Å². The van der Waals surface area contributed by atoms with E-state index in [4.69, 9.17) is 0 Å². The molecule has 5 rings (SSSR count). The summed E-state index contributed by atoms with van der Waals surface area (Å²) in [5, 5.41) is 0.899. The van der Waals surface area contributed by atoms with Crippen molar-refractivity contribution in [1.29, 1.82) is 0 Å². The van der Waals surface area contributed by atoms with Gasteiger partial charge in [-0.15, -0.1) is 0 Å². The number of benzene rings is 1. The van der Waals surface area contributed by atoms with E-state index >= 15 is 4.39 Å². The minimum absolute atomic E-state index is 0.234. The predicted molar refractivity (Wildman–Crippen MR) is 129 cm³/mol. The summed E-state index contributed by atoms with van der Waals surface area (Å²) in [7, 11) is 2.14. The van der Waals surface area contributed by atoms with Crippen LogP contribution in [-0.4, -0.2) is 53.1 Å². The Hall–Kier alpha value is -3.25. The van der Waals surface area contributed by atoms with Crippen LogP contribution in [0.1, 0.15) is 17.0 Å². The molecule has 164 valence electrons. The number of aryl methyl sites for hydroxylation is 3. The van der Waals surface area contributed by atoms with E-state index < -0.39 is 0 Å². The van der Waals surface area contributed by atoms with E-state index in [-0.39, 0.29) is 5.82 Å². The summed E-state index contributed by atoms with van der Waals surface area (Å²) in [5.41, 5.74) is 7.32. The summed E-state index contributed by atoms with van der Waals surface area (Å²) in [6.07, 6.45) is 1.78. The van der Waals surface area contributed by atoms with Gasteiger partial charge >= 0.3 is 0 Å². The molecule has 0 aliphatic carbocycles. The van der Waals surface area contributed by atoms with Crippen molar-refractivity contribution in [2.45, 2.75) is 20.8 Å². The number of aromatic amines is 1. The highest BCUT2D eigenvalue weighted by Crippen LogP contribution is 2.34. The van der Waals surface area contributed by atoms with Gasteiger partial charge in [-0.1, -0.05) is 0 Å². The number of aromatic nitrogens is 3. The Morgan fingerprint density at radius 1 is 0.906 bits per heavy atom. The highest BCUT2D eigenvalue weighted by atomic mass is 19.1. The maximum atomic E-state index is 15.2. The molecule has 1 aromatic carbocycles. The molecule has 0 unspecified atom stereocenters. The van der Waals surface area contributed by atoms with E-state index in [0.29, 0.717) is 5.56 Å². The first kappa shape index (κ1) is 20.6. The van der Waals surface area contributed by atoms with Crippen LogP contribution in [0.3, 0.4) is 0 Å². The van der Waals surface area contributed by atoms with Crippen molar-refractivity contribution in [3.63, 3.8) is 0 Å². The number of rotatable bonds is 3. The quantitative estimate of drug-likeness (QED) is 0.492. The van der Waals surface area contributed by atoms with E-state index in [1.807, 2.05) is 39.0 Å². The monoisotopic (exact) mass is 429 g/mol. The molecule has 1 fully saturated rings. The third-order valence-corrected chi connectivity index (χ3v) is 6.40. The first-order valence-electron chi connectivity index (χ1n) is 11.1. The van der Waals surface area contributed by atoms with Crippen molar-refractivity contribution < 1.29 is 4.39 Å². The molecule has 5 nitrogen and oxygen atoms in total.